The van der Waals surface area contributed by atoms with E-state index in [-0.39, 0.29) is 5.92 Å². The first-order valence-corrected chi connectivity index (χ1v) is 10.4. The molecule has 0 aromatic carbocycles. The normalized spacial score (nSPS) is 15.2. The molecule has 0 fully saturated rings. The lowest BCUT2D eigenvalue weighted by Gasteiger charge is -2.24. The number of hydrogen-bond donors (Lipinski definition) is 6. The molecular weight excluding hydrogens is 388 g/mol. The van der Waals surface area contributed by atoms with Gasteiger partial charge in [0.25, 0.3) is 0 Å². The fraction of sp³-hybridized carbons (Fsp3) is 0.765. The molecule has 0 aromatic heterocycles. The van der Waals surface area contributed by atoms with Crippen LogP contribution in [-0.2, 0) is 19.2 Å². The molecule has 0 bridgehead atoms. The molecule has 0 spiro atoms. The van der Waals surface area contributed by atoms with Crippen LogP contribution in [0.15, 0.2) is 0 Å². The summed E-state index contributed by atoms with van der Waals surface area (Å²) in [4.78, 5) is 47.7. The maximum Gasteiger partial charge on any atom is 0.325 e. The summed E-state index contributed by atoms with van der Waals surface area (Å²) < 4.78 is 0. The summed E-state index contributed by atoms with van der Waals surface area (Å²) in [6.07, 6.45) is 2.61. The molecule has 10 nitrogen and oxygen atoms in total. The van der Waals surface area contributed by atoms with Crippen LogP contribution in [0, 0.1) is 5.92 Å². The van der Waals surface area contributed by atoms with E-state index in [2.05, 4.69) is 16.0 Å². The van der Waals surface area contributed by atoms with Crippen molar-refractivity contribution >= 4 is 35.5 Å². The number of nitrogens with two attached hydrogens (primary N) is 1. The second-order valence-corrected chi connectivity index (χ2v) is 7.88. The number of aliphatic hydroxyl groups is 1. The summed E-state index contributed by atoms with van der Waals surface area (Å²) in [7, 11) is 0. The number of hydrogen-bond acceptors (Lipinski definition) is 7. The smallest absolute Gasteiger partial charge is 0.325 e. The van der Waals surface area contributed by atoms with Crippen molar-refractivity contribution in [1.82, 2.24) is 16.0 Å². The number of aliphatic carboxylic acids is 1. The maximum atomic E-state index is 12.5. The largest absolute Gasteiger partial charge is 0.480 e. The topological polar surface area (TPSA) is 171 Å². The second-order valence-electron chi connectivity index (χ2n) is 6.89. The number of aliphatic hydroxyl groups excluding tert-OH is 1. The summed E-state index contributed by atoms with van der Waals surface area (Å²) in [6, 6.07) is -4.22. The fourth-order valence-electron chi connectivity index (χ4n) is 2.24. The highest BCUT2D eigenvalue weighted by Gasteiger charge is 2.28. The number of carbonyl (C=O) groups excluding carboxylic acids is 3. The number of carboxylic acids is 1. The molecule has 4 unspecified atom stereocenters. The van der Waals surface area contributed by atoms with Gasteiger partial charge < -0.3 is 31.9 Å². The monoisotopic (exact) mass is 420 g/mol. The standard InChI is InChI=1S/C17H32N4O6S/c1-9(2)7-11(18)14(23)20-12(5-6-28-4)15(24)21-13(8-22)16(25)19-10(3)17(26)27/h9-13,22H,5-8,18H2,1-4H3,(H,19,25)(H,20,23)(H,21,24)(H,26,27). The Kier molecular flexibility index (Phi) is 12.5. The Balaban J connectivity index is 5.04. The third-order valence-electron chi connectivity index (χ3n) is 3.85. The molecular formula is C17H32N4O6S. The van der Waals surface area contributed by atoms with Gasteiger partial charge in [-0.2, -0.15) is 11.8 Å². The Morgan fingerprint density at radius 3 is 1.96 bits per heavy atom. The lowest BCUT2D eigenvalue weighted by Crippen LogP contribution is -2.58. The Bertz CT molecular complexity index is 546. The predicted octanol–water partition coefficient (Wildman–Crippen LogP) is -1.34. The van der Waals surface area contributed by atoms with E-state index in [1.165, 1.54) is 18.7 Å². The van der Waals surface area contributed by atoms with Gasteiger partial charge in [-0.1, -0.05) is 13.8 Å². The highest BCUT2D eigenvalue weighted by molar-refractivity contribution is 7.98. The lowest BCUT2D eigenvalue weighted by molar-refractivity contribution is -0.142. The van der Waals surface area contributed by atoms with Crippen LogP contribution in [0.3, 0.4) is 0 Å². The molecule has 0 saturated heterocycles. The minimum Gasteiger partial charge on any atom is -0.480 e. The zero-order valence-electron chi connectivity index (χ0n) is 16.7. The molecule has 162 valence electrons. The van der Waals surface area contributed by atoms with Crippen LogP contribution >= 0.6 is 11.8 Å². The third-order valence-corrected chi connectivity index (χ3v) is 4.49. The predicted molar refractivity (Wildman–Crippen MR) is 107 cm³/mol. The van der Waals surface area contributed by atoms with Gasteiger partial charge in [-0.15, -0.1) is 0 Å². The fourth-order valence-corrected chi connectivity index (χ4v) is 2.71. The Labute approximate surface area is 169 Å². The van der Waals surface area contributed by atoms with Crippen molar-refractivity contribution in [2.75, 3.05) is 18.6 Å². The van der Waals surface area contributed by atoms with Crippen molar-refractivity contribution < 1.29 is 29.4 Å². The Morgan fingerprint density at radius 2 is 1.50 bits per heavy atom. The zero-order valence-corrected chi connectivity index (χ0v) is 17.5. The van der Waals surface area contributed by atoms with Crippen LogP contribution < -0.4 is 21.7 Å². The van der Waals surface area contributed by atoms with Crippen LogP contribution in [-0.4, -0.2) is 76.7 Å². The van der Waals surface area contributed by atoms with E-state index in [0.717, 1.165) is 0 Å². The number of carbonyl (C=O) groups is 4. The van der Waals surface area contributed by atoms with Gasteiger partial charge >= 0.3 is 5.97 Å². The van der Waals surface area contributed by atoms with Crippen LogP contribution in [0.2, 0.25) is 0 Å². The molecule has 4 atom stereocenters. The number of amides is 3. The van der Waals surface area contributed by atoms with Gasteiger partial charge in [-0.25, -0.2) is 0 Å². The molecule has 0 saturated carbocycles. The molecule has 7 N–H and O–H groups in total. The van der Waals surface area contributed by atoms with E-state index in [1.807, 2.05) is 20.1 Å². The summed E-state index contributed by atoms with van der Waals surface area (Å²) in [5, 5.41) is 25.3. The second kappa shape index (κ2) is 13.3. The van der Waals surface area contributed by atoms with Crippen molar-refractivity contribution in [2.45, 2.75) is 57.8 Å². The highest BCUT2D eigenvalue weighted by atomic mass is 32.2. The summed E-state index contributed by atoms with van der Waals surface area (Å²) >= 11 is 1.48. The van der Waals surface area contributed by atoms with Gasteiger partial charge in [0.1, 0.15) is 18.1 Å². The first-order valence-electron chi connectivity index (χ1n) is 9.02. The molecule has 0 aliphatic heterocycles. The van der Waals surface area contributed by atoms with E-state index in [9.17, 15) is 24.3 Å². The molecule has 0 aromatic rings. The SMILES string of the molecule is CSCCC(NC(=O)C(N)CC(C)C)C(=O)NC(CO)C(=O)NC(C)C(=O)O. The minimum atomic E-state index is -1.34. The average molecular weight is 421 g/mol. The van der Waals surface area contributed by atoms with Gasteiger partial charge in [0.2, 0.25) is 17.7 Å². The van der Waals surface area contributed by atoms with E-state index >= 15 is 0 Å². The molecule has 28 heavy (non-hydrogen) atoms. The number of rotatable bonds is 13. The number of nitrogens with one attached hydrogen (secondary N) is 3. The van der Waals surface area contributed by atoms with Gasteiger partial charge in [0, 0.05) is 0 Å². The minimum absolute atomic E-state index is 0.206. The van der Waals surface area contributed by atoms with E-state index in [0.29, 0.717) is 18.6 Å². The summed E-state index contributed by atoms with van der Waals surface area (Å²) in [5.74, 6) is -2.43. The summed E-state index contributed by atoms with van der Waals surface area (Å²) in [6.45, 7) is 4.38. The molecule has 3 amide bonds. The maximum absolute atomic E-state index is 12.5. The molecule has 0 radical (unpaired) electrons. The average Bonchev–Trinajstić information content (AvgIpc) is 2.61. The Hall–Kier alpha value is -1.85. The third kappa shape index (κ3) is 9.90. The Morgan fingerprint density at radius 1 is 0.964 bits per heavy atom. The van der Waals surface area contributed by atoms with Crippen molar-refractivity contribution in [2.24, 2.45) is 11.7 Å². The summed E-state index contributed by atoms with van der Waals surface area (Å²) in [5.41, 5.74) is 5.85. The van der Waals surface area contributed by atoms with Crippen molar-refractivity contribution in [3.05, 3.63) is 0 Å². The van der Waals surface area contributed by atoms with E-state index in [1.54, 1.807) is 0 Å². The first-order chi connectivity index (χ1) is 13.0. The van der Waals surface area contributed by atoms with Crippen molar-refractivity contribution in [3.63, 3.8) is 0 Å². The molecule has 0 rings (SSSR count). The van der Waals surface area contributed by atoms with E-state index < -0.39 is 54.5 Å². The van der Waals surface area contributed by atoms with Crippen LogP contribution in [0.25, 0.3) is 0 Å². The van der Waals surface area contributed by atoms with Crippen molar-refractivity contribution in [3.8, 4) is 0 Å². The molecule has 11 heteroatoms. The first kappa shape index (κ1) is 26.1. The van der Waals surface area contributed by atoms with Gasteiger partial charge in [-0.3, -0.25) is 19.2 Å². The van der Waals surface area contributed by atoms with Crippen LogP contribution in [0.5, 0.6) is 0 Å². The number of thioether (sulfide) groups is 1. The van der Waals surface area contributed by atoms with Crippen molar-refractivity contribution in [1.29, 1.82) is 0 Å². The number of carboxylic acid groups (broad SMARTS) is 1. The van der Waals surface area contributed by atoms with E-state index in [4.69, 9.17) is 10.8 Å². The highest BCUT2D eigenvalue weighted by Crippen LogP contribution is 2.06. The van der Waals surface area contributed by atoms with Gasteiger partial charge in [0.15, 0.2) is 0 Å². The molecule has 0 aliphatic rings. The van der Waals surface area contributed by atoms with Gasteiger partial charge in [0.05, 0.1) is 12.6 Å². The lowest BCUT2D eigenvalue weighted by atomic mass is 10.0. The molecule has 0 aliphatic carbocycles. The van der Waals surface area contributed by atoms with Crippen LogP contribution in [0.1, 0.15) is 33.6 Å². The zero-order chi connectivity index (χ0) is 21.9. The molecule has 0 heterocycles. The van der Waals surface area contributed by atoms with Crippen LogP contribution in [0.4, 0.5) is 0 Å². The quantitative estimate of drug-likeness (QED) is 0.213. The van der Waals surface area contributed by atoms with Gasteiger partial charge in [-0.05, 0) is 37.7 Å².